The highest BCUT2D eigenvalue weighted by Crippen LogP contribution is 2.19. The predicted octanol–water partition coefficient (Wildman–Crippen LogP) is 2.29. The van der Waals surface area contributed by atoms with Crippen molar-refractivity contribution < 1.29 is 4.79 Å². The highest BCUT2D eigenvalue weighted by Gasteiger charge is 2.13. The third-order valence-corrected chi connectivity index (χ3v) is 4.69. The van der Waals surface area contributed by atoms with Gasteiger partial charge in [0.25, 0.3) is 5.56 Å². The fourth-order valence-electron chi connectivity index (χ4n) is 2.29. The molecule has 0 aliphatic heterocycles. The molecule has 0 atom stereocenters. The lowest BCUT2D eigenvalue weighted by molar-refractivity contribution is -0.129. The summed E-state index contributed by atoms with van der Waals surface area (Å²) in [4.78, 5) is 32.8. The van der Waals surface area contributed by atoms with Gasteiger partial charge in [-0.3, -0.25) is 9.59 Å². The first-order valence-corrected chi connectivity index (χ1v) is 8.87. The molecule has 0 saturated carbocycles. The van der Waals surface area contributed by atoms with Crippen LogP contribution >= 0.6 is 11.8 Å². The number of nitrogens with zero attached hydrogens (tertiary/aromatic N) is 3. The molecule has 0 saturated heterocycles. The van der Waals surface area contributed by atoms with Crippen molar-refractivity contribution in [1.29, 1.82) is 5.26 Å². The minimum absolute atomic E-state index is 0.0431. The molecule has 6 nitrogen and oxygen atoms in total. The molecule has 1 aromatic heterocycles. The fraction of sp³-hybridized carbons (Fsp3) is 0.333. The Morgan fingerprint density at radius 3 is 2.72 bits per heavy atom. The van der Waals surface area contributed by atoms with E-state index in [9.17, 15) is 9.59 Å². The largest absolute Gasteiger partial charge is 0.332 e. The highest BCUT2D eigenvalue weighted by molar-refractivity contribution is 7.98. The van der Waals surface area contributed by atoms with E-state index >= 15 is 0 Å². The molecule has 0 aliphatic carbocycles. The highest BCUT2D eigenvalue weighted by atomic mass is 32.2. The van der Waals surface area contributed by atoms with Crippen LogP contribution in [0.4, 0.5) is 0 Å². The summed E-state index contributed by atoms with van der Waals surface area (Å²) in [5, 5.41) is 9.18. The summed E-state index contributed by atoms with van der Waals surface area (Å²) in [6.45, 7) is 1.82. The number of benzene rings is 1. The summed E-state index contributed by atoms with van der Waals surface area (Å²) in [5.41, 5.74) is 2.10. The molecule has 130 valence electrons. The lowest BCUT2D eigenvalue weighted by Gasteiger charge is -2.13. The van der Waals surface area contributed by atoms with Crippen LogP contribution in [0.2, 0.25) is 0 Å². The van der Waals surface area contributed by atoms with E-state index in [1.807, 2.05) is 36.4 Å². The number of nitriles is 1. The van der Waals surface area contributed by atoms with Gasteiger partial charge in [0.15, 0.2) is 5.16 Å². The number of amides is 1. The van der Waals surface area contributed by atoms with E-state index in [2.05, 4.69) is 9.97 Å². The molecule has 1 amide bonds. The zero-order chi connectivity index (χ0) is 18.2. The van der Waals surface area contributed by atoms with Crippen LogP contribution < -0.4 is 5.56 Å². The number of carbonyl (C=O) groups excluding carboxylic acids is 1. The van der Waals surface area contributed by atoms with Crippen LogP contribution in [-0.4, -0.2) is 34.4 Å². The van der Waals surface area contributed by atoms with Gasteiger partial charge in [-0.15, -0.1) is 0 Å². The van der Waals surface area contributed by atoms with E-state index in [1.54, 1.807) is 14.0 Å². The number of rotatable bonds is 7. The van der Waals surface area contributed by atoms with E-state index in [4.69, 9.17) is 5.26 Å². The molecular formula is C18H20N4O2S. The standard InChI is InChI=1S/C18H20N4O2S/c1-13-15(8-9-16(23)22(2)11-10-19)17(24)21-18(20-13)25-12-14-6-4-3-5-7-14/h3-7H,8-9,11-12H2,1-2H3,(H,20,21,24). The fourth-order valence-corrected chi connectivity index (χ4v) is 3.15. The van der Waals surface area contributed by atoms with Gasteiger partial charge in [-0.25, -0.2) is 4.98 Å². The smallest absolute Gasteiger partial charge is 0.254 e. The van der Waals surface area contributed by atoms with E-state index in [0.29, 0.717) is 22.8 Å². The molecule has 1 N–H and O–H groups in total. The van der Waals surface area contributed by atoms with Crippen molar-refractivity contribution in [3.8, 4) is 6.07 Å². The first-order valence-electron chi connectivity index (χ1n) is 7.88. The van der Waals surface area contributed by atoms with Gasteiger partial charge >= 0.3 is 0 Å². The van der Waals surface area contributed by atoms with E-state index < -0.39 is 0 Å². The van der Waals surface area contributed by atoms with Crippen LogP contribution in [-0.2, 0) is 17.0 Å². The Kier molecular flexibility index (Phi) is 6.78. The first kappa shape index (κ1) is 18.7. The molecule has 0 fully saturated rings. The number of aromatic nitrogens is 2. The van der Waals surface area contributed by atoms with Crippen LogP contribution in [0, 0.1) is 18.3 Å². The molecule has 2 aromatic rings. The summed E-state index contributed by atoms with van der Waals surface area (Å²) < 4.78 is 0. The van der Waals surface area contributed by atoms with E-state index in [0.717, 1.165) is 11.3 Å². The van der Waals surface area contributed by atoms with Gasteiger partial charge in [-0.2, -0.15) is 5.26 Å². The Bertz CT molecular complexity index is 827. The average Bonchev–Trinajstić information content (AvgIpc) is 2.60. The molecule has 1 heterocycles. The Balaban J connectivity index is 2.01. The van der Waals surface area contributed by atoms with Crippen molar-refractivity contribution in [3.05, 3.63) is 57.5 Å². The topological polar surface area (TPSA) is 89.8 Å². The average molecular weight is 356 g/mol. The molecule has 0 spiro atoms. The molecule has 0 bridgehead atoms. The number of hydrogen-bond donors (Lipinski definition) is 1. The lowest BCUT2D eigenvalue weighted by atomic mass is 10.1. The summed E-state index contributed by atoms with van der Waals surface area (Å²) in [6, 6.07) is 11.9. The van der Waals surface area contributed by atoms with Gasteiger partial charge in [-0.1, -0.05) is 42.1 Å². The van der Waals surface area contributed by atoms with Gasteiger partial charge in [0.2, 0.25) is 5.91 Å². The Morgan fingerprint density at radius 1 is 1.36 bits per heavy atom. The Labute approximate surface area is 150 Å². The third kappa shape index (κ3) is 5.47. The van der Waals surface area contributed by atoms with Crippen molar-refractivity contribution in [2.24, 2.45) is 0 Å². The van der Waals surface area contributed by atoms with Crippen molar-refractivity contribution >= 4 is 17.7 Å². The normalized spacial score (nSPS) is 10.3. The molecule has 2 rings (SSSR count). The van der Waals surface area contributed by atoms with Gasteiger partial charge in [0.05, 0.1) is 6.07 Å². The summed E-state index contributed by atoms with van der Waals surface area (Å²) in [7, 11) is 1.57. The van der Waals surface area contributed by atoms with Gasteiger partial charge in [0, 0.05) is 30.5 Å². The number of nitrogens with one attached hydrogen (secondary N) is 1. The van der Waals surface area contributed by atoms with Gasteiger partial charge < -0.3 is 9.88 Å². The number of H-pyrrole nitrogens is 1. The van der Waals surface area contributed by atoms with Crippen LogP contribution in [0.3, 0.4) is 0 Å². The zero-order valence-corrected chi connectivity index (χ0v) is 15.1. The van der Waals surface area contributed by atoms with Crippen LogP contribution in [0.15, 0.2) is 40.3 Å². The summed E-state index contributed by atoms with van der Waals surface area (Å²) in [6.07, 6.45) is 0.493. The van der Waals surface area contributed by atoms with E-state index in [1.165, 1.54) is 16.7 Å². The maximum Gasteiger partial charge on any atom is 0.254 e. The lowest BCUT2D eigenvalue weighted by Crippen LogP contribution is -2.28. The third-order valence-electron chi connectivity index (χ3n) is 3.74. The van der Waals surface area contributed by atoms with Crippen LogP contribution in [0.5, 0.6) is 0 Å². The maximum atomic E-state index is 12.3. The van der Waals surface area contributed by atoms with Gasteiger partial charge in [-0.05, 0) is 18.9 Å². The predicted molar refractivity (Wildman–Crippen MR) is 97.2 cm³/mol. The summed E-state index contributed by atoms with van der Waals surface area (Å²) >= 11 is 1.47. The molecule has 25 heavy (non-hydrogen) atoms. The Morgan fingerprint density at radius 2 is 2.08 bits per heavy atom. The van der Waals surface area contributed by atoms with Crippen molar-refractivity contribution in [3.63, 3.8) is 0 Å². The number of aryl methyl sites for hydroxylation is 1. The number of thioether (sulfide) groups is 1. The number of aromatic amines is 1. The number of carbonyl (C=O) groups is 1. The first-order chi connectivity index (χ1) is 12.0. The van der Waals surface area contributed by atoms with Crippen LogP contribution in [0.1, 0.15) is 23.2 Å². The molecular weight excluding hydrogens is 336 g/mol. The second-order valence-electron chi connectivity index (χ2n) is 5.62. The molecule has 0 aliphatic rings. The molecule has 7 heteroatoms. The molecule has 1 aromatic carbocycles. The SMILES string of the molecule is Cc1nc(SCc2ccccc2)[nH]c(=O)c1CCC(=O)N(C)CC#N. The maximum absolute atomic E-state index is 12.3. The number of hydrogen-bond acceptors (Lipinski definition) is 5. The molecule has 0 radical (unpaired) electrons. The minimum atomic E-state index is -0.209. The van der Waals surface area contributed by atoms with Crippen molar-refractivity contribution in [1.82, 2.24) is 14.9 Å². The van der Waals surface area contributed by atoms with E-state index in [-0.39, 0.29) is 24.4 Å². The monoisotopic (exact) mass is 356 g/mol. The minimum Gasteiger partial charge on any atom is -0.332 e. The quantitative estimate of drug-likeness (QED) is 0.467. The zero-order valence-electron chi connectivity index (χ0n) is 14.3. The Hall–Kier alpha value is -2.59. The van der Waals surface area contributed by atoms with Crippen molar-refractivity contribution in [2.75, 3.05) is 13.6 Å². The second-order valence-corrected chi connectivity index (χ2v) is 6.58. The van der Waals surface area contributed by atoms with Crippen molar-refractivity contribution in [2.45, 2.75) is 30.7 Å². The van der Waals surface area contributed by atoms with Crippen LogP contribution in [0.25, 0.3) is 0 Å². The molecule has 0 unspecified atom stereocenters. The van der Waals surface area contributed by atoms with Gasteiger partial charge in [0.1, 0.15) is 6.54 Å². The summed E-state index contributed by atoms with van der Waals surface area (Å²) in [5.74, 6) is 0.558. The second kappa shape index (κ2) is 9.04.